The zero-order valence-electron chi connectivity index (χ0n) is 13.8. The van der Waals surface area contributed by atoms with Crippen molar-refractivity contribution in [2.24, 2.45) is 0 Å². The van der Waals surface area contributed by atoms with Gasteiger partial charge in [0, 0.05) is 30.2 Å². The first kappa shape index (κ1) is 16.8. The summed E-state index contributed by atoms with van der Waals surface area (Å²) in [5.74, 6) is -0.750. The summed E-state index contributed by atoms with van der Waals surface area (Å²) in [5, 5.41) is 6.48. The van der Waals surface area contributed by atoms with Gasteiger partial charge in [-0.2, -0.15) is 0 Å². The maximum absolute atomic E-state index is 13.9. The van der Waals surface area contributed by atoms with E-state index in [9.17, 15) is 9.18 Å². The van der Waals surface area contributed by atoms with Gasteiger partial charge in [0.1, 0.15) is 5.82 Å². The summed E-state index contributed by atoms with van der Waals surface area (Å²) in [6.07, 6.45) is 5.78. The van der Waals surface area contributed by atoms with E-state index >= 15 is 0 Å². The van der Waals surface area contributed by atoms with Crippen LogP contribution < -0.4 is 10.6 Å². The van der Waals surface area contributed by atoms with Crippen LogP contribution >= 0.6 is 11.6 Å². The first-order valence-electron chi connectivity index (χ1n) is 8.23. The predicted molar refractivity (Wildman–Crippen MR) is 98.3 cm³/mol. The summed E-state index contributed by atoms with van der Waals surface area (Å²) in [4.78, 5) is 16.7. The fourth-order valence-electron chi connectivity index (χ4n) is 3.18. The molecular weight excluding hydrogens is 355 g/mol. The van der Waals surface area contributed by atoms with Crippen molar-refractivity contribution in [3.63, 3.8) is 0 Å². The summed E-state index contributed by atoms with van der Waals surface area (Å²) in [5.41, 5.74) is 3.40. The molecule has 1 amide bonds. The number of hydrogen-bond acceptors (Lipinski definition) is 3. The molecule has 7 heteroatoms. The van der Waals surface area contributed by atoms with Crippen molar-refractivity contribution < 1.29 is 9.18 Å². The molecule has 0 fully saturated rings. The Morgan fingerprint density at radius 3 is 2.96 bits per heavy atom. The molecule has 0 saturated carbocycles. The number of benzene rings is 2. The minimum absolute atomic E-state index is 0.339. The molecule has 0 spiro atoms. The number of hydrogen-bond donors (Lipinski definition) is 2. The molecule has 4 rings (SSSR count). The van der Waals surface area contributed by atoms with Crippen molar-refractivity contribution in [1.82, 2.24) is 14.9 Å². The minimum atomic E-state index is -0.411. The molecule has 26 heavy (non-hydrogen) atoms. The third-order valence-corrected chi connectivity index (χ3v) is 4.71. The second-order valence-electron chi connectivity index (χ2n) is 6.11. The van der Waals surface area contributed by atoms with Gasteiger partial charge in [0.15, 0.2) is 0 Å². The van der Waals surface area contributed by atoms with E-state index in [4.69, 9.17) is 11.6 Å². The average molecular weight is 371 g/mol. The summed E-state index contributed by atoms with van der Waals surface area (Å²) in [7, 11) is 0. The molecule has 132 valence electrons. The maximum atomic E-state index is 13.9. The third-order valence-electron chi connectivity index (χ3n) is 4.41. The second-order valence-corrected chi connectivity index (χ2v) is 6.52. The van der Waals surface area contributed by atoms with E-state index in [1.54, 1.807) is 41.5 Å². The van der Waals surface area contributed by atoms with Gasteiger partial charge < -0.3 is 15.2 Å². The molecule has 2 aromatic carbocycles. The summed E-state index contributed by atoms with van der Waals surface area (Å²) < 4.78 is 15.7. The Bertz CT molecular complexity index is 972. The Labute approximate surface area is 154 Å². The molecule has 0 radical (unpaired) electrons. The SMILES string of the molecule is O=C(Nc1ccc(-n2ccnc2)c(Cl)c1)c1cc(F)cc2c1CCNC2. The molecule has 0 atom stereocenters. The smallest absolute Gasteiger partial charge is 0.256 e. The lowest BCUT2D eigenvalue weighted by atomic mass is 9.94. The lowest BCUT2D eigenvalue weighted by Gasteiger charge is -2.20. The zero-order chi connectivity index (χ0) is 18.1. The van der Waals surface area contributed by atoms with Crippen LogP contribution in [0.5, 0.6) is 0 Å². The van der Waals surface area contributed by atoms with Crippen molar-refractivity contribution in [2.75, 3.05) is 11.9 Å². The van der Waals surface area contributed by atoms with Crippen LogP contribution in [0, 0.1) is 5.82 Å². The van der Waals surface area contributed by atoms with Gasteiger partial charge in [-0.15, -0.1) is 0 Å². The second kappa shape index (κ2) is 6.90. The molecule has 0 unspecified atom stereocenters. The van der Waals surface area contributed by atoms with Gasteiger partial charge >= 0.3 is 0 Å². The topological polar surface area (TPSA) is 59.0 Å². The molecule has 1 aromatic heterocycles. The molecule has 0 bridgehead atoms. The molecule has 5 nitrogen and oxygen atoms in total. The molecule has 2 heterocycles. The van der Waals surface area contributed by atoms with Crippen LogP contribution in [0.4, 0.5) is 10.1 Å². The van der Waals surface area contributed by atoms with Crippen LogP contribution in [-0.2, 0) is 13.0 Å². The minimum Gasteiger partial charge on any atom is -0.322 e. The molecule has 2 N–H and O–H groups in total. The lowest BCUT2D eigenvalue weighted by Crippen LogP contribution is -2.27. The van der Waals surface area contributed by atoms with E-state index in [0.717, 1.165) is 23.4 Å². The van der Waals surface area contributed by atoms with E-state index in [1.807, 2.05) is 0 Å². The number of amides is 1. The van der Waals surface area contributed by atoms with Gasteiger partial charge in [-0.25, -0.2) is 9.37 Å². The van der Waals surface area contributed by atoms with Crippen LogP contribution in [0.3, 0.4) is 0 Å². The Morgan fingerprint density at radius 1 is 1.31 bits per heavy atom. The molecule has 1 aliphatic rings. The van der Waals surface area contributed by atoms with Gasteiger partial charge in [0.05, 0.1) is 17.0 Å². The highest BCUT2D eigenvalue weighted by Crippen LogP contribution is 2.26. The van der Waals surface area contributed by atoms with Crippen LogP contribution in [0.2, 0.25) is 5.02 Å². The highest BCUT2D eigenvalue weighted by molar-refractivity contribution is 6.32. The van der Waals surface area contributed by atoms with E-state index in [1.165, 1.54) is 12.1 Å². The summed E-state index contributed by atoms with van der Waals surface area (Å²) >= 11 is 6.32. The number of aromatic nitrogens is 2. The summed E-state index contributed by atoms with van der Waals surface area (Å²) in [6.45, 7) is 1.34. The fourth-order valence-corrected chi connectivity index (χ4v) is 3.46. The van der Waals surface area contributed by atoms with Gasteiger partial charge in [-0.05, 0) is 54.4 Å². The number of fused-ring (bicyclic) bond motifs is 1. The highest BCUT2D eigenvalue weighted by atomic mass is 35.5. The monoisotopic (exact) mass is 370 g/mol. The zero-order valence-corrected chi connectivity index (χ0v) is 14.6. The number of rotatable bonds is 3. The van der Waals surface area contributed by atoms with E-state index in [0.29, 0.717) is 29.2 Å². The number of nitrogens with one attached hydrogen (secondary N) is 2. The first-order valence-corrected chi connectivity index (χ1v) is 8.61. The van der Waals surface area contributed by atoms with Crippen LogP contribution in [0.15, 0.2) is 49.1 Å². The van der Waals surface area contributed by atoms with Crippen molar-refractivity contribution in [1.29, 1.82) is 0 Å². The van der Waals surface area contributed by atoms with Gasteiger partial charge in [0.25, 0.3) is 5.91 Å². The van der Waals surface area contributed by atoms with Crippen molar-refractivity contribution >= 4 is 23.2 Å². The lowest BCUT2D eigenvalue weighted by molar-refractivity contribution is 0.102. The molecule has 0 saturated heterocycles. The van der Waals surface area contributed by atoms with E-state index in [-0.39, 0.29) is 5.91 Å². The standard InChI is InChI=1S/C19H16ClFN4O/c20-17-9-14(1-2-18(17)25-6-5-23-11-25)24-19(26)16-8-13(21)7-12-10-22-4-3-15(12)16/h1-2,5-9,11,22H,3-4,10H2,(H,24,26). The number of halogens is 2. The number of carbonyl (C=O) groups is 1. The fraction of sp³-hybridized carbons (Fsp3) is 0.158. The molecule has 0 aliphatic carbocycles. The predicted octanol–water partition coefficient (Wildman–Crippen LogP) is 3.56. The van der Waals surface area contributed by atoms with Crippen molar-refractivity contribution in [3.05, 3.63) is 76.6 Å². The third kappa shape index (κ3) is 3.21. The Kier molecular flexibility index (Phi) is 4.44. The van der Waals surface area contributed by atoms with Crippen molar-refractivity contribution in [2.45, 2.75) is 13.0 Å². The average Bonchev–Trinajstić information content (AvgIpc) is 3.15. The maximum Gasteiger partial charge on any atom is 0.256 e. The largest absolute Gasteiger partial charge is 0.322 e. The number of anilines is 1. The summed E-state index contributed by atoms with van der Waals surface area (Å²) in [6, 6.07) is 8.00. The van der Waals surface area contributed by atoms with Gasteiger partial charge in [-0.3, -0.25) is 4.79 Å². The van der Waals surface area contributed by atoms with Gasteiger partial charge in [-0.1, -0.05) is 11.6 Å². The Morgan fingerprint density at radius 2 is 2.19 bits per heavy atom. The van der Waals surface area contributed by atoms with E-state index in [2.05, 4.69) is 15.6 Å². The van der Waals surface area contributed by atoms with Crippen LogP contribution in [-0.4, -0.2) is 22.0 Å². The Hall–Kier alpha value is -2.70. The normalized spacial score (nSPS) is 13.3. The van der Waals surface area contributed by atoms with E-state index < -0.39 is 5.82 Å². The number of imidazole rings is 1. The number of carbonyl (C=O) groups excluding carboxylic acids is 1. The number of nitrogens with zero attached hydrogens (tertiary/aromatic N) is 2. The van der Waals surface area contributed by atoms with Gasteiger partial charge in [0.2, 0.25) is 0 Å². The first-order chi connectivity index (χ1) is 12.6. The molecule has 1 aliphatic heterocycles. The highest BCUT2D eigenvalue weighted by Gasteiger charge is 2.19. The Balaban J connectivity index is 1.61. The van der Waals surface area contributed by atoms with Crippen LogP contribution in [0.1, 0.15) is 21.5 Å². The molecule has 3 aromatic rings. The van der Waals surface area contributed by atoms with Crippen LogP contribution in [0.25, 0.3) is 5.69 Å². The quantitative estimate of drug-likeness (QED) is 0.741. The molecular formula is C19H16ClFN4O. The van der Waals surface area contributed by atoms with Crippen molar-refractivity contribution in [3.8, 4) is 5.69 Å².